The average molecular weight is 417 g/mol. The number of rotatable bonds is 8. The Hall–Kier alpha value is -2.86. The van der Waals surface area contributed by atoms with Crippen LogP contribution in [0.15, 0.2) is 53.1 Å². The number of aromatic nitrogens is 1. The summed E-state index contributed by atoms with van der Waals surface area (Å²) in [6.07, 6.45) is 0.628. The van der Waals surface area contributed by atoms with Crippen LogP contribution in [0.4, 0.5) is 4.39 Å². The molecular weight excluding hydrogens is 395 g/mol. The highest BCUT2D eigenvalue weighted by molar-refractivity contribution is 6.33. The van der Waals surface area contributed by atoms with Crippen LogP contribution in [0.2, 0.25) is 5.02 Å². The fraction of sp³-hybridized carbons (Fsp3) is 0.273. The SMILES string of the molecule is CCN(CCCOc1ccc(F)cc1)C(=O)c1c(-c2ccccc2Cl)noc1C. The van der Waals surface area contributed by atoms with Crippen LogP contribution in [0.1, 0.15) is 29.5 Å². The van der Waals surface area contributed by atoms with Crippen molar-refractivity contribution < 1.29 is 18.4 Å². The van der Waals surface area contributed by atoms with Gasteiger partial charge in [0.1, 0.15) is 28.6 Å². The van der Waals surface area contributed by atoms with Gasteiger partial charge in [-0.1, -0.05) is 35.0 Å². The third-order valence-corrected chi connectivity index (χ3v) is 4.86. The van der Waals surface area contributed by atoms with Crippen molar-refractivity contribution in [3.05, 3.63) is 70.7 Å². The van der Waals surface area contributed by atoms with Gasteiger partial charge in [-0.05, 0) is 50.6 Å². The van der Waals surface area contributed by atoms with Crippen LogP contribution >= 0.6 is 11.6 Å². The van der Waals surface area contributed by atoms with Gasteiger partial charge in [0.05, 0.1) is 11.6 Å². The number of hydrogen-bond acceptors (Lipinski definition) is 4. The molecule has 3 rings (SSSR count). The Kier molecular flexibility index (Phi) is 6.88. The number of hydrogen-bond donors (Lipinski definition) is 0. The van der Waals surface area contributed by atoms with Gasteiger partial charge in [-0.25, -0.2) is 4.39 Å². The topological polar surface area (TPSA) is 55.6 Å². The molecule has 7 heteroatoms. The van der Waals surface area contributed by atoms with E-state index in [1.54, 1.807) is 30.0 Å². The lowest BCUT2D eigenvalue weighted by molar-refractivity contribution is 0.0755. The lowest BCUT2D eigenvalue weighted by atomic mass is 10.0. The Morgan fingerprint density at radius 3 is 2.62 bits per heavy atom. The summed E-state index contributed by atoms with van der Waals surface area (Å²) in [6, 6.07) is 13.1. The Balaban J connectivity index is 1.67. The van der Waals surface area contributed by atoms with Gasteiger partial charge < -0.3 is 14.2 Å². The first-order chi connectivity index (χ1) is 14.0. The molecule has 0 saturated heterocycles. The molecule has 1 heterocycles. The van der Waals surface area contributed by atoms with Crippen LogP contribution in [0.5, 0.6) is 5.75 Å². The minimum Gasteiger partial charge on any atom is -0.494 e. The number of nitrogens with zero attached hydrogens (tertiary/aromatic N) is 2. The Morgan fingerprint density at radius 1 is 1.21 bits per heavy atom. The predicted molar refractivity (Wildman–Crippen MR) is 110 cm³/mol. The summed E-state index contributed by atoms with van der Waals surface area (Å²) in [5.41, 5.74) is 1.52. The monoisotopic (exact) mass is 416 g/mol. The molecule has 0 fully saturated rings. The van der Waals surface area contributed by atoms with E-state index >= 15 is 0 Å². The van der Waals surface area contributed by atoms with Crippen LogP contribution in [-0.2, 0) is 0 Å². The normalized spacial score (nSPS) is 10.8. The first-order valence-corrected chi connectivity index (χ1v) is 9.78. The molecule has 5 nitrogen and oxygen atoms in total. The third kappa shape index (κ3) is 4.95. The van der Waals surface area contributed by atoms with Crippen molar-refractivity contribution in [2.45, 2.75) is 20.3 Å². The van der Waals surface area contributed by atoms with Gasteiger partial charge in [0.2, 0.25) is 0 Å². The van der Waals surface area contributed by atoms with Gasteiger partial charge in [-0.2, -0.15) is 0 Å². The molecule has 0 N–H and O–H groups in total. The van der Waals surface area contributed by atoms with Crippen LogP contribution in [0.25, 0.3) is 11.3 Å². The molecule has 1 aromatic heterocycles. The molecule has 29 heavy (non-hydrogen) atoms. The zero-order valence-electron chi connectivity index (χ0n) is 16.3. The Bertz CT molecular complexity index is 972. The molecule has 0 unspecified atom stereocenters. The first kappa shape index (κ1) is 20.9. The maximum absolute atomic E-state index is 13.2. The maximum atomic E-state index is 13.2. The zero-order chi connectivity index (χ0) is 20.8. The molecule has 0 aliphatic heterocycles. The molecule has 0 aliphatic carbocycles. The molecule has 0 radical (unpaired) electrons. The highest BCUT2D eigenvalue weighted by Crippen LogP contribution is 2.31. The zero-order valence-corrected chi connectivity index (χ0v) is 17.1. The second-order valence-corrected chi connectivity index (χ2v) is 6.89. The lowest BCUT2D eigenvalue weighted by Crippen LogP contribution is -2.33. The summed E-state index contributed by atoms with van der Waals surface area (Å²) in [5, 5.41) is 4.57. The minimum atomic E-state index is -0.307. The summed E-state index contributed by atoms with van der Waals surface area (Å²) in [6.45, 7) is 5.07. The number of carbonyl (C=O) groups excluding carboxylic acids is 1. The Morgan fingerprint density at radius 2 is 1.93 bits per heavy atom. The molecular formula is C22H22ClFN2O3. The van der Waals surface area contributed by atoms with Crippen LogP contribution in [0.3, 0.4) is 0 Å². The first-order valence-electron chi connectivity index (χ1n) is 9.40. The van der Waals surface area contributed by atoms with Crippen molar-refractivity contribution in [2.24, 2.45) is 0 Å². The highest BCUT2D eigenvalue weighted by Gasteiger charge is 2.26. The van der Waals surface area contributed by atoms with E-state index < -0.39 is 0 Å². The second kappa shape index (κ2) is 9.56. The molecule has 3 aromatic rings. The number of ether oxygens (including phenoxy) is 1. The van der Waals surface area contributed by atoms with Gasteiger partial charge in [-0.15, -0.1) is 0 Å². The fourth-order valence-electron chi connectivity index (χ4n) is 3.00. The summed E-state index contributed by atoms with van der Waals surface area (Å²) in [7, 11) is 0. The second-order valence-electron chi connectivity index (χ2n) is 6.48. The van der Waals surface area contributed by atoms with E-state index in [0.717, 1.165) is 0 Å². The van der Waals surface area contributed by atoms with Crippen molar-refractivity contribution in [3.63, 3.8) is 0 Å². The average Bonchev–Trinajstić information content (AvgIpc) is 3.10. The molecule has 1 amide bonds. The van der Waals surface area contributed by atoms with E-state index in [1.165, 1.54) is 12.1 Å². The minimum absolute atomic E-state index is 0.164. The molecule has 0 saturated carbocycles. The number of halogens is 2. The molecule has 152 valence electrons. The van der Waals surface area contributed by atoms with Crippen molar-refractivity contribution >= 4 is 17.5 Å². The van der Waals surface area contributed by atoms with Crippen LogP contribution < -0.4 is 4.74 Å². The lowest BCUT2D eigenvalue weighted by Gasteiger charge is -2.21. The van der Waals surface area contributed by atoms with Crippen molar-refractivity contribution in [2.75, 3.05) is 19.7 Å². The molecule has 0 aliphatic rings. The van der Waals surface area contributed by atoms with Crippen molar-refractivity contribution in [3.8, 4) is 17.0 Å². The maximum Gasteiger partial charge on any atom is 0.259 e. The summed E-state index contributed by atoms with van der Waals surface area (Å²) in [5.74, 6) is 0.573. The number of carbonyl (C=O) groups is 1. The van der Waals surface area contributed by atoms with Gasteiger partial charge in [0.25, 0.3) is 5.91 Å². The van der Waals surface area contributed by atoms with Crippen molar-refractivity contribution in [1.29, 1.82) is 0 Å². The van der Waals surface area contributed by atoms with E-state index in [-0.39, 0.29) is 11.7 Å². The highest BCUT2D eigenvalue weighted by atomic mass is 35.5. The quantitative estimate of drug-likeness (QED) is 0.463. The largest absolute Gasteiger partial charge is 0.494 e. The standard InChI is InChI=1S/C22H22ClFN2O3/c1-3-26(13-6-14-28-17-11-9-16(24)10-12-17)22(27)20-15(2)29-25-21(20)18-7-4-5-8-19(18)23/h4-5,7-12H,3,6,13-14H2,1-2H3. The smallest absolute Gasteiger partial charge is 0.259 e. The predicted octanol–water partition coefficient (Wildman–Crippen LogP) is 5.37. The van der Waals surface area contributed by atoms with E-state index in [4.69, 9.17) is 20.9 Å². The van der Waals surface area contributed by atoms with E-state index in [2.05, 4.69) is 5.16 Å². The van der Waals surface area contributed by atoms with Gasteiger partial charge in [0, 0.05) is 18.7 Å². The van der Waals surface area contributed by atoms with E-state index in [1.807, 2.05) is 25.1 Å². The summed E-state index contributed by atoms with van der Waals surface area (Å²) < 4.78 is 23.9. The van der Waals surface area contributed by atoms with E-state index in [9.17, 15) is 9.18 Å². The number of amides is 1. The number of benzene rings is 2. The fourth-order valence-corrected chi connectivity index (χ4v) is 3.22. The van der Waals surface area contributed by atoms with Gasteiger partial charge in [0.15, 0.2) is 0 Å². The van der Waals surface area contributed by atoms with Gasteiger partial charge in [-0.3, -0.25) is 4.79 Å². The third-order valence-electron chi connectivity index (χ3n) is 4.53. The summed E-state index contributed by atoms with van der Waals surface area (Å²) >= 11 is 6.28. The molecule has 0 spiro atoms. The van der Waals surface area contributed by atoms with Crippen LogP contribution in [0, 0.1) is 12.7 Å². The summed E-state index contributed by atoms with van der Waals surface area (Å²) in [4.78, 5) is 14.9. The molecule has 2 aromatic carbocycles. The van der Waals surface area contributed by atoms with Crippen LogP contribution in [-0.4, -0.2) is 35.7 Å². The van der Waals surface area contributed by atoms with E-state index in [0.29, 0.717) is 59.5 Å². The van der Waals surface area contributed by atoms with Crippen molar-refractivity contribution in [1.82, 2.24) is 10.1 Å². The number of aryl methyl sites for hydroxylation is 1. The Labute approximate surface area is 174 Å². The molecule has 0 atom stereocenters. The molecule has 0 bridgehead atoms. The van der Waals surface area contributed by atoms with Gasteiger partial charge >= 0.3 is 0 Å².